The zero-order valence-corrected chi connectivity index (χ0v) is 21.7. The fraction of sp³-hybridized carbons (Fsp3) is 0.355. The van der Waals surface area contributed by atoms with Gasteiger partial charge >= 0.3 is 0 Å². The van der Waals surface area contributed by atoms with Crippen molar-refractivity contribution in [1.82, 2.24) is 0 Å². The molecule has 0 saturated carbocycles. The Hall–Kier alpha value is -3.01. The second-order valence-corrected chi connectivity index (χ2v) is 8.05. The third-order valence-corrected chi connectivity index (χ3v) is 5.86. The summed E-state index contributed by atoms with van der Waals surface area (Å²) < 4.78 is 48.6. The molecule has 0 N–H and O–H groups in total. The lowest BCUT2D eigenvalue weighted by Crippen LogP contribution is -2.02. The van der Waals surface area contributed by atoms with E-state index in [1.165, 1.54) is 12.1 Å². The van der Waals surface area contributed by atoms with Gasteiger partial charge in [-0.1, -0.05) is 77.1 Å². The summed E-state index contributed by atoms with van der Waals surface area (Å²) in [6, 6.07) is 15.2. The van der Waals surface area contributed by atoms with Crippen molar-refractivity contribution in [1.29, 1.82) is 0 Å². The molecule has 3 aromatic carbocycles. The number of hydrogen-bond donors (Lipinski definition) is 0. The third kappa shape index (κ3) is 6.78. The van der Waals surface area contributed by atoms with Crippen molar-refractivity contribution in [2.45, 2.75) is 60.8 Å². The molecule has 4 rings (SSSR count). The molecule has 0 aromatic heterocycles. The zero-order chi connectivity index (χ0) is 26.0. The van der Waals surface area contributed by atoms with Crippen LogP contribution in [0, 0.1) is 23.4 Å². The number of hydrogen-bond acceptors (Lipinski definition) is 1. The second kappa shape index (κ2) is 13.8. The van der Waals surface area contributed by atoms with E-state index in [9.17, 15) is 13.2 Å². The van der Waals surface area contributed by atoms with Crippen molar-refractivity contribution in [2.75, 3.05) is 6.61 Å². The van der Waals surface area contributed by atoms with Crippen molar-refractivity contribution in [2.24, 2.45) is 5.92 Å². The quantitative estimate of drug-likeness (QED) is 0.351. The van der Waals surface area contributed by atoms with Gasteiger partial charge in [0.15, 0.2) is 11.6 Å². The first-order chi connectivity index (χ1) is 17.0. The molecule has 3 aromatic rings. The Labute approximate surface area is 208 Å². The highest BCUT2D eigenvalue weighted by atomic mass is 19.2. The highest BCUT2D eigenvalue weighted by Gasteiger charge is 2.17. The van der Waals surface area contributed by atoms with Crippen LogP contribution in [0.5, 0.6) is 5.75 Å². The van der Waals surface area contributed by atoms with Crippen LogP contribution in [0.25, 0.3) is 27.8 Å². The summed E-state index contributed by atoms with van der Waals surface area (Å²) >= 11 is 0. The van der Waals surface area contributed by atoms with E-state index >= 15 is 0 Å². The number of halogens is 3. The maximum Gasteiger partial charge on any atom is 0.201 e. The molecular weight excluding hydrogens is 445 g/mol. The predicted molar refractivity (Wildman–Crippen MR) is 142 cm³/mol. The highest BCUT2D eigenvalue weighted by Crippen LogP contribution is 2.34. The fourth-order valence-electron chi connectivity index (χ4n) is 4.03. The van der Waals surface area contributed by atoms with E-state index in [0.717, 1.165) is 36.0 Å². The molecule has 0 saturated heterocycles. The SMILES string of the molecule is CC.CC.CCOc1ccc(-c2ccc(-c3ccc(C4=CCC(C)CC4)c(F)c3)cc2)c(F)c1F. The Balaban J connectivity index is 0.00000103. The second-order valence-electron chi connectivity index (χ2n) is 8.05. The molecule has 4 heteroatoms. The Morgan fingerprint density at radius 3 is 1.94 bits per heavy atom. The molecule has 0 aliphatic heterocycles. The van der Waals surface area contributed by atoms with Gasteiger partial charge < -0.3 is 4.74 Å². The van der Waals surface area contributed by atoms with Gasteiger partial charge in [-0.05, 0) is 72.6 Å². The monoisotopic (exact) mass is 482 g/mol. The van der Waals surface area contributed by atoms with Gasteiger partial charge in [0.1, 0.15) is 5.82 Å². The highest BCUT2D eigenvalue weighted by molar-refractivity contribution is 5.74. The first-order valence-corrected chi connectivity index (χ1v) is 12.7. The molecule has 0 amide bonds. The molecule has 188 valence electrons. The third-order valence-electron chi connectivity index (χ3n) is 5.86. The summed E-state index contributed by atoms with van der Waals surface area (Å²) in [5, 5.41) is 0. The number of allylic oxidation sites excluding steroid dienone is 2. The minimum Gasteiger partial charge on any atom is -0.491 e. The molecule has 35 heavy (non-hydrogen) atoms. The number of rotatable bonds is 5. The average molecular weight is 483 g/mol. The molecular formula is C31H37F3O. The smallest absolute Gasteiger partial charge is 0.201 e. The van der Waals surface area contributed by atoms with Crippen LogP contribution >= 0.6 is 0 Å². The number of benzene rings is 3. The van der Waals surface area contributed by atoms with Crippen LogP contribution in [0.1, 0.15) is 66.4 Å². The molecule has 0 bridgehead atoms. The molecule has 1 aliphatic rings. The summed E-state index contributed by atoms with van der Waals surface area (Å²) in [4.78, 5) is 0. The molecule has 1 nitrogen and oxygen atoms in total. The lowest BCUT2D eigenvalue weighted by molar-refractivity contribution is 0.314. The van der Waals surface area contributed by atoms with Crippen molar-refractivity contribution >= 4 is 5.57 Å². The van der Waals surface area contributed by atoms with E-state index in [1.807, 2.05) is 39.8 Å². The van der Waals surface area contributed by atoms with Crippen molar-refractivity contribution in [3.63, 3.8) is 0 Å². The topological polar surface area (TPSA) is 9.23 Å². The molecule has 1 aliphatic carbocycles. The van der Waals surface area contributed by atoms with Crippen LogP contribution in [-0.2, 0) is 0 Å². The first-order valence-electron chi connectivity index (χ1n) is 12.7. The summed E-state index contributed by atoms with van der Waals surface area (Å²) in [5.41, 5.74) is 4.00. The standard InChI is InChI=1S/C27H25F3O.2C2H6/c1-3-31-25-15-14-23(26(29)27(25)30)20-10-8-18(9-11-20)21-12-13-22(24(28)16-21)19-6-4-17(2)5-7-19;2*1-2/h6,8-17H,3-5,7H2,1-2H3;2*1-2H3. The van der Waals surface area contributed by atoms with E-state index in [4.69, 9.17) is 4.74 Å². The minimum atomic E-state index is -0.993. The summed E-state index contributed by atoms with van der Waals surface area (Å²) in [6.07, 6.45) is 5.11. The molecule has 0 heterocycles. The Bertz CT molecular complexity index is 1120. The van der Waals surface area contributed by atoms with Gasteiger partial charge in [-0.25, -0.2) is 8.78 Å². The largest absolute Gasteiger partial charge is 0.491 e. The normalized spacial score (nSPS) is 14.7. The molecule has 1 atom stereocenters. The van der Waals surface area contributed by atoms with Gasteiger partial charge in [0.2, 0.25) is 5.82 Å². The van der Waals surface area contributed by atoms with Crippen LogP contribution in [0.3, 0.4) is 0 Å². The van der Waals surface area contributed by atoms with E-state index in [0.29, 0.717) is 17.0 Å². The van der Waals surface area contributed by atoms with Gasteiger partial charge in [-0.15, -0.1) is 0 Å². The van der Waals surface area contributed by atoms with Crippen LogP contribution in [0.4, 0.5) is 13.2 Å². The van der Waals surface area contributed by atoms with E-state index in [1.54, 1.807) is 37.3 Å². The van der Waals surface area contributed by atoms with E-state index in [-0.39, 0.29) is 23.7 Å². The van der Waals surface area contributed by atoms with Crippen molar-refractivity contribution < 1.29 is 17.9 Å². The number of ether oxygens (including phenoxy) is 1. The van der Waals surface area contributed by atoms with Gasteiger partial charge in [0.05, 0.1) is 6.61 Å². The van der Waals surface area contributed by atoms with Gasteiger partial charge in [0, 0.05) is 11.1 Å². The minimum absolute atomic E-state index is 0.0986. The van der Waals surface area contributed by atoms with E-state index < -0.39 is 11.6 Å². The Morgan fingerprint density at radius 2 is 1.37 bits per heavy atom. The summed E-state index contributed by atoms with van der Waals surface area (Å²) in [6.45, 7) is 12.2. The summed E-state index contributed by atoms with van der Waals surface area (Å²) in [5.74, 6) is -1.62. The zero-order valence-electron chi connectivity index (χ0n) is 21.7. The van der Waals surface area contributed by atoms with Crippen molar-refractivity contribution in [3.8, 4) is 28.0 Å². The van der Waals surface area contributed by atoms with Crippen LogP contribution in [-0.4, -0.2) is 6.61 Å². The maximum atomic E-state index is 14.8. The van der Waals surface area contributed by atoms with Crippen LogP contribution in [0.15, 0.2) is 60.7 Å². The van der Waals surface area contributed by atoms with Crippen molar-refractivity contribution in [3.05, 3.63) is 83.7 Å². The molecule has 0 radical (unpaired) electrons. The fourth-order valence-corrected chi connectivity index (χ4v) is 4.03. The molecule has 1 unspecified atom stereocenters. The van der Waals surface area contributed by atoms with Gasteiger partial charge in [-0.3, -0.25) is 0 Å². The Morgan fingerprint density at radius 1 is 0.771 bits per heavy atom. The van der Waals surface area contributed by atoms with E-state index in [2.05, 4.69) is 13.0 Å². The maximum absolute atomic E-state index is 14.8. The van der Waals surface area contributed by atoms with Gasteiger partial charge in [0.25, 0.3) is 0 Å². The molecule has 0 fully saturated rings. The van der Waals surface area contributed by atoms with Crippen LogP contribution in [0.2, 0.25) is 0 Å². The van der Waals surface area contributed by atoms with Gasteiger partial charge in [-0.2, -0.15) is 4.39 Å². The predicted octanol–water partition coefficient (Wildman–Crippen LogP) is 10.1. The lowest BCUT2D eigenvalue weighted by atomic mass is 9.87. The van der Waals surface area contributed by atoms with Crippen LogP contribution < -0.4 is 4.74 Å². The Kier molecular flexibility index (Phi) is 11.1. The molecule has 0 spiro atoms. The summed E-state index contributed by atoms with van der Waals surface area (Å²) in [7, 11) is 0. The average Bonchev–Trinajstić information content (AvgIpc) is 2.90. The first kappa shape index (κ1) is 28.2. The lowest BCUT2D eigenvalue weighted by Gasteiger charge is -2.19.